The van der Waals surface area contributed by atoms with Crippen LogP contribution in [0.15, 0.2) is 48.5 Å². The van der Waals surface area contributed by atoms with Gasteiger partial charge in [-0.25, -0.2) is 4.79 Å². The molecule has 0 aliphatic heterocycles. The van der Waals surface area contributed by atoms with Crippen molar-refractivity contribution in [3.8, 4) is 11.1 Å². The molecule has 0 aromatic heterocycles. The number of anilines is 1. The smallest absolute Gasteiger partial charge is 0.338 e. The van der Waals surface area contributed by atoms with Crippen LogP contribution in [0.4, 0.5) is 5.69 Å². The van der Waals surface area contributed by atoms with Crippen molar-refractivity contribution in [3.63, 3.8) is 0 Å². The van der Waals surface area contributed by atoms with Gasteiger partial charge in [0.25, 0.3) is 0 Å². The number of carbonyl (C=O) groups excluding carboxylic acids is 1. The van der Waals surface area contributed by atoms with Crippen LogP contribution in [0, 0.1) is 0 Å². The van der Waals surface area contributed by atoms with Crippen molar-refractivity contribution in [2.75, 3.05) is 5.73 Å². The van der Waals surface area contributed by atoms with E-state index >= 15 is 0 Å². The lowest BCUT2D eigenvalue weighted by atomic mass is 10.0. The molecule has 2 N–H and O–H groups in total. The first-order valence-electron chi connectivity index (χ1n) is 6.54. The molecule has 104 valence electrons. The van der Waals surface area contributed by atoms with Crippen LogP contribution in [0.1, 0.15) is 31.1 Å². The summed E-state index contributed by atoms with van der Waals surface area (Å²) in [6.45, 7) is 5.56. The minimum absolute atomic E-state index is 0.309. The summed E-state index contributed by atoms with van der Waals surface area (Å²) in [6, 6.07) is 15.0. The summed E-state index contributed by atoms with van der Waals surface area (Å²) in [7, 11) is 0. The van der Waals surface area contributed by atoms with Crippen molar-refractivity contribution in [2.45, 2.75) is 26.4 Å². The van der Waals surface area contributed by atoms with Crippen LogP contribution in [-0.4, -0.2) is 11.6 Å². The minimum Gasteiger partial charge on any atom is -0.456 e. The summed E-state index contributed by atoms with van der Waals surface area (Å²) < 4.78 is 5.33. The maximum Gasteiger partial charge on any atom is 0.338 e. The Balaban J connectivity index is 2.20. The van der Waals surface area contributed by atoms with Crippen LogP contribution in [0.2, 0.25) is 0 Å². The second-order valence-electron chi connectivity index (χ2n) is 5.70. The van der Waals surface area contributed by atoms with E-state index in [9.17, 15) is 4.79 Å². The molecule has 2 aromatic carbocycles. The third kappa shape index (κ3) is 3.60. The largest absolute Gasteiger partial charge is 0.456 e. The van der Waals surface area contributed by atoms with Gasteiger partial charge in [-0.05, 0) is 56.2 Å². The monoisotopic (exact) mass is 269 g/mol. The zero-order valence-electron chi connectivity index (χ0n) is 12.0. The van der Waals surface area contributed by atoms with Crippen molar-refractivity contribution in [3.05, 3.63) is 54.1 Å². The molecule has 3 nitrogen and oxygen atoms in total. The quantitative estimate of drug-likeness (QED) is 0.664. The Labute approximate surface area is 119 Å². The molecule has 0 radical (unpaired) electrons. The van der Waals surface area contributed by atoms with Gasteiger partial charge in [0.15, 0.2) is 0 Å². The van der Waals surface area contributed by atoms with Crippen molar-refractivity contribution >= 4 is 11.7 Å². The molecule has 0 fully saturated rings. The van der Waals surface area contributed by atoms with Gasteiger partial charge in [-0.2, -0.15) is 0 Å². The third-order valence-corrected chi connectivity index (χ3v) is 2.74. The first-order valence-corrected chi connectivity index (χ1v) is 6.54. The van der Waals surface area contributed by atoms with Gasteiger partial charge < -0.3 is 10.5 Å². The van der Waals surface area contributed by atoms with Gasteiger partial charge in [-0.15, -0.1) is 0 Å². The molecule has 3 heteroatoms. The molecular weight excluding hydrogens is 250 g/mol. The molecule has 0 bridgehead atoms. The Morgan fingerprint density at radius 3 is 2.20 bits per heavy atom. The number of hydrogen-bond donors (Lipinski definition) is 1. The van der Waals surface area contributed by atoms with Crippen LogP contribution in [-0.2, 0) is 4.74 Å². The summed E-state index contributed by atoms with van der Waals surface area (Å²) >= 11 is 0. The Morgan fingerprint density at radius 1 is 1.00 bits per heavy atom. The number of benzene rings is 2. The van der Waals surface area contributed by atoms with Crippen LogP contribution >= 0.6 is 0 Å². The highest BCUT2D eigenvalue weighted by Gasteiger charge is 2.17. The van der Waals surface area contributed by atoms with Crippen molar-refractivity contribution in [1.29, 1.82) is 0 Å². The highest BCUT2D eigenvalue weighted by molar-refractivity contribution is 5.90. The van der Waals surface area contributed by atoms with Crippen molar-refractivity contribution in [2.24, 2.45) is 0 Å². The summed E-state index contributed by atoms with van der Waals surface area (Å²) in [5.41, 5.74) is 8.60. The average molecular weight is 269 g/mol. The number of carbonyl (C=O) groups is 1. The number of hydrogen-bond acceptors (Lipinski definition) is 3. The summed E-state index contributed by atoms with van der Waals surface area (Å²) in [5.74, 6) is -0.309. The van der Waals surface area contributed by atoms with Gasteiger partial charge in [0.05, 0.1) is 5.56 Å². The summed E-state index contributed by atoms with van der Waals surface area (Å²) in [4.78, 5) is 11.9. The van der Waals surface area contributed by atoms with E-state index in [0.29, 0.717) is 5.56 Å². The van der Waals surface area contributed by atoms with E-state index in [1.165, 1.54) is 0 Å². The third-order valence-electron chi connectivity index (χ3n) is 2.74. The highest BCUT2D eigenvalue weighted by Crippen LogP contribution is 2.22. The van der Waals surface area contributed by atoms with E-state index in [1.54, 1.807) is 12.1 Å². The predicted molar refractivity (Wildman–Crippen MR) is 81.5 cm³/mol. The average Bonchev–Trinajstić information content (AvgIpc) is 2.37. The fourth-order valence-corrected chi connectivity index (χ4v) is 1.85. The Kier molecular flexibility index (Phi) is 3.79. The van der Waals surface area contributed by atoms with E-state index < -0.39 is 5.60 Å². The molecule has 0 amide bonds. The predicted octanol–water partition coefficient (Wildman–Crippen LogP) is 3.89. The molecule has 20 heavy (non-hydrogen) atoms. The first-order chi connectivity index (χ1) is 9.35. The maximum atomic E-state index is 11.9. The molecule has 0 spiro atoms. The Hall–Kier alpha value is -2.29. The Morgan fingerprint density at radius 2 is 1.65 bits per heavy atom. The maximum absolute atomic E-state index is 11.9. The number of esters is 1. The fraction of sp³-hybridized carbons (Fsp3) is 0.235. The molecule has 2 aromatic rings. The lowest BCUT2D eigenvalue weighted by Gasteiger charge is -2.19. The minimum atomic E-state index is -0.483. The standard InChI is InChI=1S/C17H19NO2/c1-17(2,3)20-16(19)13-9-7-12(8-10-13)14-5-4-6-15(18)11-14/h4-11H,18H2,1-3H3. The van der Waals surface area contributed by atoms with Crippen LogP contribution in [0.5, 0.6) is 0 Å². The molecule has 0 saturated heterocycles. The van der Waals surface area contributed by atoms with Gasteiger partial charge in [-0.3, -0.25) is 0 Å². The number of nitrogen functional groups attached to an aromatic ring is 1. The topological polar surface area (TPSA) is 52.3 Å². The van der Waals surface area contributed by atoms with E-state index in [2.05, 4.69) is 0 Å². The van der Waals surface area contributed by atoms with Crippen LogP contribution in [0.25, 0.3) is 11.1 Å². The molecular formula is C17H19NO2. The zero-order chi connectivity index (χ0) is 14.8. The SMILES string of the molecule is CC(C)(C)OC(=O)c1ccc(-c2cccc(N)c2)cc1. The van der Waals surface area contributed by atoms with E-state index in [1.807, 2.05) is 57.2 Å². The van der Waals surface area contributed by atoms with E-state index in [0.717, 1.165) is 16.8 Å². The van der Waals surface area contributed by atoms with E-state index in [4.69, 9.17) is 10.5 Å². The molecule has 0 aliphatic carbocycles. The number of ether oxygens (including phenoxy) is 1. The number of rotatable bonds is 2. The molecule has 0 heterocycles. The zero-order valence-corrected chi connectivity index (χ0v) is 12.0. The molecule has 0 atom stereocenters. The van der Waals surface area contributed by atoms with E-state index in [-0.39, 0.29) is 5.97 Å². The lowest BCUT2D eigenvalue weighted by molar-refractivity contribution is 0.00696. The first kappa shape index (κ1) is 14.1. The number of nitrogens with two attached hydrogens (primary N) is 1. The Bertz CT molecular complexity index is 610. The summed E-state index contributed by atoms with van der Waals surface area (Å²) in [6.07, 6.45) is 0. The van der Waals surface area contributed by atoms with Crippen LogP contribution in [0.3, 0.4) is 0 Å². The lowest BCUT2D eigenvalue weighted by Crippen LogP contribution is -2.23. The molecule has 2 rings (SSSR count). The van der Waals surface area contributed by atoms with Gasteiger partial charge in [0.1, 0.15) is 5.60 Å². The molecule has 0 unspecified atom stereocenters. The van der Waals surface area contributed by atoms with Gasteiger partial charge in [0, 0.05) is 5.69 Å². The van der Waals surface area contributed by atoms with Crippen molar-refractivity contribution < 1.29 is 9.53 Å². The van der Waals surface area contributed by atoms with Crippen molar-refractivity contribution in [1.82, 2.24) is 0 Å². The van der Waals surface area contributed by atoms with Gasteiger partial charge in [-0.1, -0.05) is 24.3 Å². The van der Waals surface area contributed by atoms with Gasteiger partial charge in [0.2, 0.25) is 0 Å². The highest BCUT2D eigenvalue weighted by atomic mass is 16.6. The van der Waals surface area contributed by atoms with Gasteiger partial charge >= 0.3 is 5.97 Å². The second-order valence-corrected chi connectivity index (χ2v) is 5.70. The fourth-order valence-electron chi connectivity index (χ4n) is 1.85. The summed E-state index contributed by atoms with van der Waals surface area (Å²) in [5, 5.41) is 0. The molecule has 0 saturated carbocycles. The normalized spacial score (nSPS) is 11.2. The second kappa shape index (κ2) is 5.37. The van der Waals surface area contributed by atoms with Crippen LogP contribution < -0.4 is 5.73 Å². The molecule has 0 aliphatic rings.